The summed E-state index contributed by atoms with van der Waals surface area (Å²) in [4.78, 5) is 23.9. The fraction of sp³-hybridized carbons (Fsp3) is 0.750. The third-order valence-corrected chi connectivity index (χ3v) is 3.00. The largest absolute Gasteiger partial charge is 0.370 e. The van der Waals surface area contributed by atoms with Crippen molar-refractivity contribution >= 4 is 23.6 Å². The van der Waals surface area contributed by atoms with E-state index in [4.69, 9.17) is 11.5 Å². The Kier molecular flexibility index (Phi) is 4.21. The summed E-state index contributed by atoms with van der Waals surface area (Å²) >= 11 is 1.82. The minimum absolute atomic E-state index is 0.0670. The zero-order valence-electron chi connectivity index (χ0n) is 7.94. The van der Waals surface area contributed by atoms with E-state index < -0.39 is 11.9 Å². The molecular formula is C8H15N3O2S. The van der Waals surface area contributed by atoms with Gasteiger partial charge in [0, 0.05) is 24.6 Å². The van der Waals surface area contributed by atoms with Crippen LogP contribution >= 0.6 is 11.8 Å². The van der Waals surface area contributed by atoms with Gasteiger partial charge in [-0.25, -0.2) is 0 Å². The second kappa shape index (κ2) is 5.21. The average Bonchev–Trinajstić information content (AvgIpc) is 2.17. The molecule has 6 heteroatoms. The van der Waals surface area contributed by atoms with Crippen LogP contribution in [0.3, 0.4) is 0 Å². The van der Waals surface area contributed by atoms with Gasteiger partial charge in [0.15, 0.2) is 0 Å². The molecule has 0 aromatic rings. The van der Waals surface area contributed by atoms with Crippen LogP contribution in [0.5, 0.6) is 0 Å². The number of carbonyl (C=O) groups is 2. The van der Waals surface area contributed by atoms with Gasteiger partial charge in [-0.1, -0.05) is 0 Å². The molecule has 1 saturated heterocycles. The molecule has 0 aromatic carbocycles. The number of hydrogen-bond donors (Lipinski definition) is 2. The Bertz CT molecular complexity index is 229. The van der Waals surface area contributed by atoms with Crippen LogP contribution in [0, 0.1) is 0 Å². The van der Waals surface area contributed by atoms with Crippen molar-refractivity contribution in [3.05, 3.63) is 0 Å². The number of nitrogens with zero attached hydrogens (tertiary/aromatic N) is 1. The summed E-state index contributed by atoms with van der Waals surface area (Å²) in [5, 5.41) is 0. The normalized spacial score (nSPS) is 19.1. The molecular weight excluding hydrogens is 202 g/mol. The zero-order chi connectivity index (χ0) is 10.6. The maximum absolute atomic E-state index is 11.6. The van der Waals surface area contributed by atoms with Crippen LogP contribution in [0.15, 0.2) is 0 Å². The molecule has 1 fully saturated rings. The monoisotopic (exact) mass is 217 g/mol. The van der Waals surface area contributed by atoms with Gasteiger partial charge in [0.2, 0.25) is 11.8 Å². The number of carbonyl (C=O) groups excluding carboxylic acids is 2. The van der Waals surface area contributed by atoms with E-state index >= 15 is 0 Å². The number of nitrogens with two attached hydrogens (primary N) is 2. The number of primary amides is 1. The SMILES string of the molecule is NC(=O)C[C@H](N)C(=O)N1CCSCC1. The van der Waals surface area contributed by atoms with Crippen molar-refractivity contribution in [3.63, 3.8) is 0 Å². The highest BCUT2D eigenvalue weighted by Gasteiger charge is 2.23. The first-order valence-electron chi connectivity index (χ1n) is 4.51. The van der Waals surface area contributed by atoms with Crippen molar-refractivity contribution in [2.75, 3.05) is 24.6 Å². The lowest BCUT2D eigenvalue weighted by molar-refractivity contribution is -0.134. The van der Waals surface area contributed by atoms with Gasteiger partial charge in [-0.05, 0) is 0 Å². The third kappa shape index (κ3) is 3.19. The summed E-state index contributed by atoms with van der Waals surface area (Å²) in [6.07, 6.45) is -0.0670. The maximum atomic E-state index is 11.6. The lowest BCUT2D eigenvalue weighted by atomic mass is 10.2. The highest BCUT2D eigenvalue weighted by atomic mass is 32.2. The molecule has 0 radical (unpaired) electrons. The Morgan fingerprint density at radius 3 is 2.43 bits per heavy atom. The minimum Gasteiger partial charge on any atom is -0.370 e. The average molecular weight is 217 g/mol. The molecule has 14 heavy (non-hydrogen) atoms. The number of thioether (sulfide) groups is 1. The summed E-state index contributed by atoms with van der Waals surface area (Å²) in [6.45, 7) is 1.44. The number of hydrogen-bond acceptors (Lipinski definition) is 4. The fourth-order valence-corrected chi connectivity index (χ4v) is 2.23. The quantitative estimate of drug-likeness (QED) is 0.619. The van der Waals surface area contributed by atoms with E-state index in [1.165, 1.54) is 0 Å². The van der Waals surface area contributed by atoms with Gasteiger partial charge in [0.25, 0.3) is 0 Å². The van der Waals surface area contributed by atoms with Gasteiger partial charge < -0.3 is 16.4 Å². The molecule has 0 saturated carbocycles. The lowest BCUT2D eigenvalue weighted by Crippen LogP contribution is -2.48. The molecule has 0 aliphatic carbocycles. The van der Waals surface area contributed by atoms with E-state index in [0.29, 0.717) is 0 Å². The van der Waals surface area contributed by atoms with E-state index in [2.05, 4.69) is 0 Å². The molecule has 0 unspecified atom stereocenters. The van der Waals surface area contributed by atoms with Crippen LogP contribution in [-0.4, -0.2) is 47.4 Å². The molecule has 0 bridgehead atoms. The summed E-state index contributed by atoms with van der Waals surface area (Å²) in [5.74, 6) is 1.19. The first-order chi connectivity index (χ1) is 6.61. The molecule has 1 aliphatic heterocycles. The van der Waals surface area contributed by atoms with Crippen LogP contribution in [-0.2, 0) is 9.59 Å². The van der Waals surface area contributed by atoms with Gasteiger partial charge >= 0.3 is 0 Å². The summed E-state index contributed by atoms with van der Waals surface area (Å²) in [5.41, 5.74) is 10.5. The smallest absolute Gasteiger partial charge is 0.240 e. The molecule has 1 rings (SSSR count). The molecule has 80 valence electrons. The van der Waals surface area contributed by atoms with E-state index in [9.17, 15) is 9.59 Å². The maximum Gasteiger partial charge on any atom is 0.240 e. The predicted octanol–water partition coefficient (Wildman–Crippen LogP) is -1.24. The molecule has 1 atom stereocenters. The Morgan fingerprint density at radius 2 is 1.93 bits per heavy atom. The number of amides is 2. The summed E-state index contributed by atoms with van der Waals surface area (Å²) in [6, 6.07) is -0.768. The molecule has 1 heterocycles. The Labute approximate surface area is 87.2 Å². The molecule has 1 aliphatic rings. The van der Waals surface area contributed by atoms with Gasteiger partial charge in [0.1, 0.15) is 0 Å². The lowest BCUT2D eigenvalue weighted by Gasteiger charge is -2.28. The Morgan fingerprint density at radius 1 is 1.36 bits per heavy atom. The molecule has 5 nitrogen and oxygen atoms in total. The molecule has 0 aromatic heterocycles. The minimum atomic E-state index is -0.768. The predicted molar refractivity (Wildman–Crippen MR) is 55.7 cm³/mol. The first kappa shape index (κ1) is 11.3. The van der Waals surface area contributed by atoms with Crippen molar-refractivity contribution in [3.8, 4) is 0 Å². The van der Waals surface area contributed by atoms with E-state index in [1.807, 2.05) is 11.8 Å². The fourth-order valence-electron chi connectivity index (χ4n) is 1.32. The van der Waals surface area contributed by atoms with Crippen LogP contribution in [0.2, 0.25) is 0 Å². The molecule has 2 amide bonds. The Hall–Kier alpha value is -0.750. The van der Waals surface area contributed by atoms with E-state index in [0.717, 1.165) is 24.6 Å². The Balaban J connectivity index is 2.42. The van der Waals surface area contributed by atoms with Gasteiger partial charge in [0.05, 0.1) is 12.5 Å². The van der Waals surface area contributed by atoms with Crippen molar-refractivity contribution < 1.29 is 9.59 Å². The third-order valence-electron chi connectivity index (χ3n) is 2.06. The number of rotatable bonds is 3. The second-order valence-corrected chi connectivity index (χ2v) is 4.44. The topological polar surface area (TPSA) is 89.4 Å². The van der Waals surface area contributed by atoms with Crippen LogP contribution in [0.4, 0.5) is 0 Å². The van der Waals surface area contributed by atoms with Crippen molar-refractivity contribution in [2.45, 2.75) is 12.5 Å². The van der Waals surface area contributed by atoms with Crippen LogP contribution < -0.4 is 11.5 Å². The van der Waals surface area contributed by atoms with E-state index in [-0.39, 0.29) is 12.3 Å². The van der Waals surface area contributed by atoms with Crippen molar-refractivity contribution in [1.82, 2.24) is 4.90 Å². The highest BCUT2D eigenvalue weighted by Crippen LogP contribution is 2.10. The second-order valence-electron chi connectivity index (χ2n) is 3.21. The molecule has 0 spiro atoms. The van der Waals surface area contributed by atoms with Gasteiger partial charge in [-0.3, -0.25) is 9.59 Å². The summed E-state index contributed by atoms with van der Waals surface area (Å²) in [7, 11) is 0. The zero-order valence-corrected chi connectivity index (χ0v) is 8.76. The van der Waals surface area contributed by atoms with Crippen LogP contribution in [0.1, 0.15) is 6.42 Å². The van der Waals surface area contributed by atoms with Crippen LogP contribution in [0.25, 0.3) is 0 Å². The van der Waals surface area contributed by atoms with Crippen molar-refractivity contribution in [1.29, 1.82) is 0 Å². The van der Waals surface area contributed by atoms with E-state index in [1.54, 1.807) is 4.90 Å². The van der Waals surface area contributed by atoms with Gasteiger partial charge in [-0.2, -0.15) is 11.8 Å². The van der Waals surface area contributed by atoms with Crippen molar-refractivity contribution in [2.24, 2.45) is 11.5 Å². The summed E-state index contributed by atoms with van der Waals surface area (Å²) < 4.78 is 0. The highest BCUT2D eigenvalue weighted by molar-refractivity contribution is 7.99. The van der Waals surface area contributed by atoms with Gasteiger partial charge in [-0.15, -0.1) is 0 Å². The first-order valence-corrected chi connectivity index (χ1v) is 5.67. The standard InChI is InChI=1S/C8H15N3O2S/c9-6(5-7(10)12)8(13)11-1-3-14-4-2-11/h6H,1-5,9H2,(H2,10,12)/t6-/m0/s1. The molecule has 4 N–H and O–H groups in total.